The Balaban J connectivity index is 1.39. The van der Waals surface area contributed by atoms with Crippen molar-refractivity contribution in [3.8, 4) is 5.75 Å². The van der Waals surface area contributed by atoms with Gasteiger partial charge in [-0.25, -0.2) is 4.39 Å². The van der Waals surface area contributed by atoms with E-state index < -0.39 is 0 Å². The van der Waals surface area contributed by atoms with Gasteiger partial charge in [-0.1, -0.05) is 30.3 Å². The topological polar surface area (TPSA) is 75.0 Å². The van der Waals surface area contributed by atoms with Gasteiger partial charge in [0.1, 0.15) is 22.8 Å². The minimum atomic E-state index is -0.381. The zero-order valence-electron chi connectivity index (χ0n) is 19.2. The molecule has 1 aliphatic rings. The number of amides is 2. The lowest BCUT2D eigenvalue weighted by Gasteiger charge is -2.35. The van der Waals surface area contributed by atoms with E-state index in [-0.39, 0.29) is 23.4 Å². The van der Waals surface area contributed by atoms with Crippen molar-refractivity contribution in [2.45, 2.75) is 0 Å². The van der Waals surface area contributed by atoms with Gasteiger partial charge in [0.25, 0.3) is 11.8 Å². The molecule has 0 aliphatic carbocycles. The van der Waals surface area contributed by atoms with Crippen molar-refractivity contribution in [2.24, 2.45) is 0 Å². The maximum atomic E-state index is 14.2. The van der Waals surface area contributed by atoms with Crippen LogP contribution in [-0.2, 0) is 0 Å². The molecule has 1 N–H and O–H groups in total. The Morgan fingerprint density at radius 3 is 2.46 bits per heavy atom. The highest BCUT2D eigenvalue weighted by molar-refractivity contribution is 6.14. The zero-order valence-corrected chi connectivity index (χ0v) is 19.2. The molecule has 0 spiro atoms. The number of halogens is 1. The van der Waals surface area contributed by atoms with Gasteiger partial charge in [-0.15, -0.1) is 0 Å². The standard InChI is InChI=1S/C27H24FN3O4/c1-34-19-8-6-7-18(17-19)26(32)29-24-20-9-2-5-12-23(20)35-25(24)27(33)31-15-13-30(14-16-31)22-11-4-3-10-21(22)28/h2-12,17H,13-16H2,1H3,(H,29,32). The summed E-state index contributed by atoms with van der Waals surface area (Å²) in [5.41, 5.74) is 1.75. The first-order chi connectivity index (χ1) is 17.0. The van der Waals surface area contributed by atoms with Crippen LogP contribution in [0.3, 0.4) is 0 Å². The molecule has 1 aliphatic heterocycles. The van der Waals surface area contributed by atoms with E-state index in [1.807, 2.05) is 11.0 Å². The molecule has 0 bridgehead atoms. The molecule has 35 heavy (non-hydrogen) atoms. The molecular formula is C27H24FN3O4. The molecule has 3 aromatic carbocycles. The van der Waals surface area contributed by atoms with Crippen LogP contribution in [0.1, 0.15) is 20.9 Å². The lowest BCUT2D eigenvalue weighted by atomic mass is 10.1. The maximum absolute atomic E-state index is 14.2. The number of hydrogen-bond acceptors (Lipinski definition) is 5. The number of carbonyl (C=O) groups is 2. The Hall–Kier alpha value is -4.33. The van der Waals surface area contributed by atoms with E-state index in [1.165, 1.54) is 13.2 Å². The van der Waals surface area contributed by atoms with Crippen LogP contribution in [0, 0.1) is 5.82 Å². The fraction of sp³-hybridized carbons (Fsp3) is 0.185. The number of rotatable bonds is 5. The summed E-state index contributed by atoms with van der Waals surface area (Å²) in [6.07, 6.45) is 0. The minimum absolute atomic E-state index is 0.0711. The summed E-state index contributed by atoms with van der Waals surface area (Å²) in [5.74, 6) is -0.364. The van der Waals surface area contributed by atoms with Crippen LogP contribution in [0.25, 0.3) is 11.0 Å². The first kappa shape index (κ1) is 22.5. The van der Waals surface area contributed by atoms with E-state index in [9.17, 15) is 14.0 Å². The van der Waals surface area contributed by atoms with Crippen molar-refractivity contribution in [2.75, 3.05) is 43.5 Å². The van der Waals surface area contributed by atoms with Gasteiger partial charge in [-0.2, -0.15) is 0 Å². The lowest BCUT2D eigenvalue weighted by Crippen LogP contribution is -2.49. The van der Waals surface area contributed by atoms with E-state index in [0.29, 0.717) is 59.8 Å². The van der Waals surface area contributed by atoms with E-state index in [1.54, 1.807) is 65.6 Å². The molecule has 2 amide bonds. The number of nitrogens with one attached hydrogen (secondary N) is 1. The molecule has 5 rings (SSSR count). The molecule has 0 saturated carbocycles. The second-order valence-electron chi connectivity index (χ2n) is 8.22. The Morgan fingerprint density at radius 1 is 0.943 bits per heavy atom. The van der Waals surface area contributed by atoms with Crippen molar-refractivity contribution >= 4 is 34.2 Å². The van der Waals surface area contributed by atoms with Crippen molar-refractivity contribution < 1.29 is 23.1 Å². The fourth-order valence-electron chi connectivity index (χ4n) is 4.27. The summed E-state index contributed by atoms with van der Waals surface area (Å²) in [7, 11) is 1.53. The molecule has 1 fully saturated rings. The Bertz CT molecular complexity index is 1390. The van der Waals surface area contributed by atoms with E-state index >= 15 is 0 Å². The number of ether oxygens (including phenoxy) is 1. The van der Waals surface area contributed by atoms with Crippen molar-refractivity contribution in [1.29, 1.82) is 0 Å². The summed E-state index contributed by atoms with van der Waals surface area (Å²) in [6.45, 7) is 1.76. The summed E-state index contributed by atoms with van der Waals surface area (Å²) in [5, 5.41) is 3.50. The van der Waals surface area contributed by atoms with E-state index in [2.05, 4.69) is 5.32 Å². The molecule has 4 aromatic rings. The molecule has 8 heteroatoms. The highest BCUT2D eigenvalue weighted by Crippen LogP contribution is 2.33. The number of anilines is 2. The van der Waals surface area contributed by atoms with Gasteiger partial charge < -0.3 is 24.3 Å². The summed E-state index contributed by atoms with van der Waals surface area (Å²) < 4.78 is 25.3. The molecular weight excluding hydrogens is 449 g/mol. The normalized spacial score (nSPS) is 13.7. The number of nitrogens with zero attached hydrogens (tertiary/aromatic N) is 2. The van der Waals surface area contributed by atoms with Crippen LogP contribution in [0.2, 0.25) is 0 Å². The summed E-state index contributed by atoms with van der Waals surface area (Å²) in [6, 6.07) is 20.6. The quantitative estimate of drug-likeness (QED) is 0.451. The lowest BCUT2D eigenvalue weighted by molar-refractivity contribution is 0.0718. The average Bonchev–Trinajstić information content (AvgIpc) is 3.27. The van der Waals surface area contributed by atoms with Crippen LogP contribution in [-0.4, -0.2) is 50.0 Å². The number of fused-ring (bicyclic) bond motifs is 1. The molecule has 1 aromatic heterocycles. The van der Waals surface area contributed by atoms with Gasteiger partial charge in [-0.3, -0.25) is 9.59 Å². The number of furan rings is 1. The predicted octanol–water partition coefficient (Wildman–Crippen LogP) is 4.80. The molecule has 0 atom stereocenters. The highest BCUT2D eigenvalue weighted by atomic mass is 19.1. The number of carbonyl (C=O) groups excluding carboxylic acids is 2. The van der Waals surface area contributed by atoms with Crippen LogP contribution in [0.4, 0.5) is 15.8 Å². The van der Waals surface area contributed by atoms with Gasteiger partial charge >= 0.3 is 0 Å². The number of benzene rings is 3. The van der Waals surface area contributed by atoms with Gasteiger partial charge in [-0.05, 0) is 42.5 Å². The highest BCUT2D eigenvalue weighted by Gasteiger charge is 2.29. The minimum Gasteiger partial charge on any atom is -0.497 e. The Kier molecular flexibility index (Phi) is 6.10. The number of piperazine rings is 1. The molecule has 178 valence electrons. The van der Waals surface area contributed by atoms with Crippen LogP contribution < -0.4 is 15.0 Å². The number of para-hydroxylation sites is 2. The van der Waals surface area contributed by atoms with Gasteiger partial charge in [0.15, 0.2) is 0 Å². The van der Waals surface area contributed by atoms with E-state index in [0.717, 1.165) is 0 Å². The van der Waals surface area contributed by atoms with Crippen LogP contribution >= 0.6 is 0 Å². The smallest absolute Gasteiger partial charge is 0.291 e. The van der Waals surface area contributed by atoms with Crippen LogP contribution in [0.5, 0.6) is 5.75 Å². The molecule has 0 unspecified atom stereocenters. The predicted molar refractivity (Wildman–Crippen MR) is 132 cm³/mol. The number of methoxy groups -OCH3 is 1. The first-order valence-corrected chi connectivity index (χ1v) is 11.3. The molecule has 7 nitrogen and oxygen atoms in total. The number of hydrogen-bond donors (Lipinski definition) is 1. The van der Waals surface area contributed by atoms with Crippen molar-refractivity contribution in [1.82, 2.24) is 4.90 Å². The monoisotopic (exact) mass is 473 g/mol. The molecule has 1 saturated heterocycles. The fourth-order valence-corrected chi connectivity index (χ4v) is 4.27. The summed E-state index contributed by atoms with van der Waals surface area (Å²) in [4.78, 5) is 30.1. The van der Waals surface area contributed by atoms with Gasteiger partial charge in [0.05, 0.1) is 12.8 Å². The SMILES string of the molecule is COc1cccc(C(=O)Nc2c(C(=O)N3CCN(c4ccccc4F)CC3)oc3ccccc23)c1. The Morgan fingerprint density at radius 2 is 1.69 bits per heavy atom. The van der Waals surface area contributed by atoms with Crippen molar-refractivity contribution in [3.05, 3.63) is 89.9 Å². The second kappa shape index (κ2) is 9.50. The third kappa shape index (κ3) is 4.42. The summed E-state index contributed by atoms with van der Waals surface area (Å²) >= 11 is 0. The van der Waals surface area contributed by atoms with E-state index in [4.69, 9.17) is 9.15 Å². The third-order valence-corrected chi connectivity index (χ3v) is 6.12. The Labute approximate surface area is 201 Å². The largest absolute Gasteiger partial charge is 0.497 e. The zero-order chi connectivity index (χ0) is 24.4. The van der Waals surface area contributed by atoms with Gasteiger partial charge in [0.2, 0.25) is 5.76 Å². The van der Waals surface area contributed by atoms with Crippen molar-refractivity contribution in [3.63, 3.8) is 0 Å². The second-order valence-corrected chi connectivity index (χ2v) is 8.22. The maximum Gasteiger partial charge on any atom is 0.291 e. The van der Waals surface area contributed by atoms with Gasteiger partial charge in [0, 0.05) is 37.1 Å². The third-order valence-electron chi connectivity index (χ3n) is 6.12. The molecule has 0 radical (unpaired) electrons. The average molecular weight is 474 g/mol. The molecule has 2 heterocycles. The van der Waals surface area contributed by atoms with Crippen LogP contribution in [0.15, 0.2) is 77.2 Å². The first-order valence-electron chi connectivity index (χ1n) is 11.3.